The van der Waals surface area contributed by atoms with Crippen LogP contribution in [0.2, 0.25) is 15.1 Å². The Morgan fingerprint density at radius 1 is 0.851 bits per heavy atom. The van der Waals surface area contributed by atoms with Crippen molar-refractivity contribution in [3.05, 3.63) is 123 Å². The molecule has 2 atom stereocenters. The number of rotatable bonds is 14. The Bertz CT molecular complexity index is 1750. The molecule has 12 heteroatoms. The molecule has 0 saturated carbocycles. The molecule has 248 valence electrons. The van der Waals surface area contributed by atoms with E-state index >= 15 is 0 Å². The van der Waals surface area contributed by atoms with Gasteiger partial charge in [-0.25, -0.2) is 8.42 Å². The normalized spacial score (nSPS) is 12.6. The Kier molecular flexibility index (Phi) is 12.6. The Hall–Kier alpha value is -3.76. The number of amides is 2. The van der Waals surface area contributed by atoms with Crippen LogP contribution in [0.1, 0.15) is 31.4 Å². The van der Waals surface area contributed by atoms with Crippen LogP contribution >= 0.6 is 34.8 Å². The highest BCUT2D eigenvalue weighted by molar-refractivity contribution is 7.92. The number of nitrogens with one attached hydrogen (secondary N) is 1. The first-order valence-electron chi connectivity index (χ1n) is 14.9. The molecule has 1 N–H and O–H groups in total. The summed E-state index contributed by atoms with van der Waals surface area (Å²) in [5, 5.41) is 4.00. The van der Waals surface area contributed by atoms with Crippen LogP contribution in [-0.4, -0.2) is 50.9 Å². The smallest absolute Gasteiger partial charge is 0.264 e. The van der Waals surface area contributed by atoms with Crippen molar-refractivity contribution in [2.75, 3.05) is 18.0 Å². The van der Waals surface area contributed by atoms with E-state index < -0.39 is 34.4 Å². The minimum absolute atomic E-state index is 0.0582. The van der Waals surface area contributed by atoms with Crippen LogP contribution in [0.4, 0.5) is 5.69 Å². The molecule has 0 spiro atoms. The fourth-order valence-corrected chi connectivity index (χ4v) is 6.92. The number of hydrogen-bond acceptors (Lipinski definition) is 5. The monoisotopic (exact) mass is 715 g/mol. The van der Waals surface area contributed by atoms with Crippen molar-refractivity contribution in [3.63, 3.8) is 0 Å². The van der Waals surface area contributed by atoms with E-state index in [9.17, 15) is 18.0 Å². The number of carbonyl (C=O) groups is 2. The minimum Gasteiger partial charge on any atom is -0.497 e. The van der Waals surface area contributed by atoms with Crippen LogP contribution in [-0.2, 0) is 32.6 Å². The maximum Gasteiger partial charge on any atom is 0.264 e. The lowest BCUT2D eigenvalue weighted by atomic mass is 10.0. The van der Waals surface area contributed by atoms with Gasteiger partial charge in [0.05, 0.1) is 17.7 Å². The summed E-state index contributed by atoms with van der Waals surface area (Å²) < 4.78 is 34.6. The highest BCUT2D eigenvalue weighted by atomic mass is 35.5. The number of carbonyl (C=O) groups excluding carboxylic acids is 2. The Morgan fingerprint density at radius 3 is 2.04 bits per heavy atom. The lowest BCUT2D eigenvalue weighted by Gasteiger charge is -2.34. The second-order valence-electron chi connectivity index (χ2n) is 10.9. The van der Waals surface area contributed by atoms with Gasteiger partial charge in [-0.1, -0.05) is 78.1 Å². The van der Waals surface area contributed by atoms with Crippen LogP contribution < -0.4 is 14.4 Å². The number of halogens is 3. The first-order valence-corrected chi connectivity index (χ1v) is 17.5. The van der Waals surface area contributed by atoms with E-state index in [4.69, 9.17) is 39.5 Å². The summed E-state index contributed by atoms with van der Waals surface area (Å²) in [6.45, 7) is 3.02. The van der Waals surface area contributed by atoms with Gasteiger partial charge in [0, 0.05) is 39.6 Å². The fraction of sp³-hybridized carbons (Fsp3) is 0.257. The molecule has 47 heavy (non-hydrogen) atoms. The van der Waals surface area contributed by atoms with E-state index in [2.05, 4.69) is 5.32 Å². The third-order valence-electron chi connectivity index (χ3n) is 7.70. The molecular weight excluding hydrogens is 681 g/mol. The summed E-state index contributed by atoms with van der Waals surface area (Å²) in [5.41, 5.74) is 1.44. The molecule has 0 heterocycles. The Balaban J connectivity index is 1.84. The number of methoxy groups -OCH3 is 1. The predicted octanol–water partition coefficient (Wildman–Crippen LogP) is 7.41. The van der Waals surface area contributed by atoms with Gasteiger partial charge >= 0.3 is 0 Å². The van der Waals surface area contributed by atoms with Crippen molar-refractivity contribution in [1.29, 1.82) is 0 Å². The summed E-state index contributed by atoms with van der Waals surface area (Å²) in [6, 6.07) is 25.0. The van der Waals surface area contributed by atoms with Crippen LogP contribution in [0.3, 0.4) is 0 Å². The van der Waals surface area contributed by atoms with Gasteiger partial charge < -0.3 is 15.0 Å². The summed E-state index contributed by atoms with van der Waals surface area (Å²) in [5.74, 6) is -0.569. The van der Waals surface area contributed by atoms with Gasteiger partial charge in [0.25, 0.3) is 10.0 Å². The number of ether oxygens (including phenoxy) is 1. The molecule has 2 amide bonds. The van der Waals surface area contributed by atoms with Gasteiger partial charge in [-0.3, -0.25) is 13.9 Å². The SMILES string of the molecule is CC[C@@H](C)NC(=O)[C@H](Cc1ccccc1)N(Cc1c(Cl)cccc1Cl)C(=O)CN(c1ccc(Cl)cc1)S(=O)(=O)c1ccc(OC)cc1. The molecule has 0 unspecified atom stereocenters. The average molecular weight is 717 g/mol. The van der Waals surface area contributed by atoms with E-state index in [0.717, 1.165) is 9.87 Å². The second kappa shape index (κ2) is 16.4. The van der Waals surface area contributed by atoms with Crippen molar-refractivity contribution in [3.8, 4) is 5.75 Å². The van der Waals surface area contributed by atoms with Crippen molar-refractivity contribution in [2.45, 2.75) is 50.2 Å². The van der Waals surface area contributed by atoms with Gasteiger partial charge in [0.2, 0.25) is 11.8 Å². The maximum absolute atomic E-state index is 14.6. The van der Waals surface area contributed by atoms with Crippen LogP contribution in [0.15, 0.2) is 102 Å². The third kappa shape index (κ3) is 9.20. The molecular formula is C35H36Cl3N3O5S. The van der Waals surface area contributed by atoms with Crippen LogP contribution in [0.5, 0.6) is 5.75 Å². The molecule has 0 fully saturated rings. The van der Waals surface area contributed by atoms with E-state index in [0.29, 0.717) is 32.8 Å². The zero-order valence-electron chi connectivity index (χ0n) is 26.2. The first-order chi connectivity index (χ1) is 22.4. The minimum atomic E-state index is -4.30. The summed E-state index contributed by atoms with van der Waals surface area (Å²) in [7, 11) is -2.83. The van der Waals surface area contributed by atoms with Gasteiger partial charge in [-0.05, 0) is 79.6 Å². The number of anilines is 1. The summed E-state index contributed by atoms with van der Waals surface area (Å²) in [4.78, 5) is 29.9. The maximum atomic E-state index is 14.6. The Labute approximate surface area is 291 Å². The van der Waals surface area contributed by atoms with Crippen molar-refractivity contribution in [1.82, 2.24) is 10.2 Å². The molecule has 4 rings (SSSR count). The quantitative estimate of drug-likeness (QED) is 0.147. The van der Waals surface area contributed by atoms with E-state index in [1.807, 2.05) is 44.2 Å². The van der Waals surface area contributed by atoms with E-state index in [1.165, 1.54) is 60.5 Å². The zero-order chi connectivity index (χ0) is 34.1. The average Bonchev–Trinajstić information content (AvgIpc) is 3.07. The van der Waals surface area contributed by atoms with Crippen molar-refractivity contribution < 1.29 is 22.7 Å². The molecule has 0 saturated heterocycles. The highest BCUT2D eigenvalue weighted by Crippen LogP contribution is 2.30. The van der Waals surface area contributed by atoms with E-state index in [-0.39, 0.29) is 29.6 Å². The number of hydrogen-bond donors (Lipinski definition) is 1. The summed E-state index contributed by atoms with van der Waals surface area (Å²) in [6.07, 6.45) is 0.821. The third-order valence-corrected chi connectivity index (χ3v) is 10.5. The van der Waals surface area contributed by atoms with Crippen molar-refractivity contribution in [2.24, 2.45) is 0 Å². The van der Waals surface area contributed by atoms with Crippen molar-refractivity contribution >= 4 is 62.3 Å². The predicted molar refractivity (Wildman–Crippen MR) is 188 cm³/mol. The molecule has 0 radical (unpaired) electrons. The van der Waals surface area contributed by atoms with Crippen LogP contribution in [0.25, 0.3) is 0 Å². The zero-order valence-corrected chi connectivity index (χ0v) is 29.3. The van der Waals surface area contributed by atoms with Gasteiger partial charge in [0.1, 0.15) is 18.3 Å². The van der Waals surface area contributed by atoms with E-state index in [1.54, 1.807) is 18.2 Å². The number of benzene rings is 4. The standard InChI is InChI=1S/C35H36Cl3N3O5S/c1-4-24(2)39-35(43)33(21-25-9-6-5-7-10-25)40(22-30-31(37)11-8-12-32(30)38)34(42)23-41(27-15-13-26(36)14-16-27)47(44,45)29-19-17-28(46-3)18-20-29/h5-20,24,33H,4,21-23H2,1-3H3,(H,39,43)/t24-,33+/m1/s1. The first kappa shape index (κ1) is 36.1. The molecule has 0 aliphatic rings. The lowest BCUT2D eigenvalue weighted by Crippen LogP contribution is -2.54. The van der Waals surface area contributed by atoms with Gasteiger partial charge in [-0.15, -0.1) is 0 Å². The molecule has 0 aliphatic carbocycles. The second-order valence-corrected chi connectivity index (χ2v) is 14.0. The van der Waals surface area contributed by atoms with Crippen LogP contribution in [0, 0.1) is 0 Å². The lowest BCUT2D eigenvalue weighted by molar-refractivity contribution is -0.140. The topological polar surface area (TPSA) is 96.0 Å². The molecule has 0 aromatic heterocycles. The molecule has 0 aliphatic heterocycles. The molecule has 4 aromatic rings. The Morgan fingerprint density at radius 2 is 1.47 bits per heavy atom. The van der Waals surface area contributed by atoms with Gasteiger partial charge in [-0.2, -0.15) is 0 Å². The summed E-state index contributed by atoms with van der Waals surface area (Å²) >= 11 is 19.3. The number of nitrogens with zero attached hydrogens (tertiary/aromatic N) is 2. The number of sulfonamides is 1. The largest absolute Gasteiger partial charge is 0.497 e. The van der Waals surface area contributed by atoms with Gasteiger partial charge in [0.15, 0.2) is 0 Å². The molecule has 4 aromatic carbocycles. The molecule has 8 nitrogen and oxygen atoms in total. The highest BCUT2D eigenvalue weighted by Gasteiger charge is 2.35. The fourth-order valence-electron chi connectivity index (χ4n) is 4.86. The molecule has 0 bridgehead atoms.